The van der Waals surface area contributed by atoms with Crippen LogP contribution in [0.4, 0.5) is 10.2 Å². The van der Waals surface area contributed by atoms with Crippen molar-refractivity contribution in [3.63, 3.8) is 0 Å². The molecule has 0 atom stereocenters. The molecular weight excluding hydrogens is 409 g/mol. The average molecular weight is 431 g/mol. The van der Waals surface area contributed by atoms with Crippen LogP contribution >= 0.6 is 0 Å². The summed E-state index contributed by atoms with van der Waals surface area (Å²) in [5.41, 5.74) is 2.22. The van der Waals surface area contributed by atoms with Gasteiger partial charge in [-0.3, -0.25) is 14.7 Å². The van der Waals surface area contributed by atoms with E-state index in [0.717, 1.165) is 60.7 Å². The summed E-state index contributed by atoms with van der Waals surface area (Å²) in [6.45, 7) is 4.39. The largest absolute Gasteiger partial charge is 0.353 e. The van der Waals surface area contributed by atoms with Crippen molar-refractivity contribution in [2.45, 2.75) is 6.54 Å². The third-order valence-corrected chi connectivity index (χ3v) is 5.70. The number of nitrogens with zero attached hydrogens (tertiary/aromatic N) is 7. The maximum atomic E-state index is 13.8. The summed E-state index contributed by atoms with van der Waals surface area (Å²) in [5.74, 6) is 0.467. The summed E-state index contributed by atoms with van der Waals surface area (Å²) in [4.78, 5) is 29.5. The molecule has 0 amide bonds. The Kier molecular flexibility index (Phi) is 5.55. The highest BCUT2D eigenvalue weighted by Crippen LogP contribution is 2.24. The van der Waals surface area contributed by atoms with Crippen LogP contribution < -0.4 is 10.5 Å². The molecule has 8 nitrogen and oxygen atoms in total. The van der Waals surface area contributed by atoms with Crippen molar-refractivity contribution in [1.82, 2.24) is 29.6 Å². The van der Waals surface area contributed by atoms with E-state index in [1.54, 1.807) is 30.6 Å². The van der Waals surface area contributed by atoms with E-state index in [-0.39, 0.29) is 11.4 Å². The molecule has 0 radical (unpaired) electrons. The summed E-state index contributed by atoms with van der Waals surface area (Å²) >= 11 is 0. The summed E-state index contributed by atoms with van der Waals surface area (Å²) < 4.78 is 15.3. The number of fused-ring (bicyclic) bond motifs is 1. The number of anilines is 1. The van der Waals surface area contributed by atoms with Crippen molar-refractivity contribution < 1.29 is 4.39 Å². The highest BCUT2D eigenvalue weighted by molar-refractivity contribution is 5.89. The van der Waals surface area contributed by atoms with Crippen molar-refractivity contribution in [3.8, 4) is 11.3 Å². The Hall–Kier alpha value is -3.72. The molecule has 3 aromatic heterocycles. The summed E-state index contributed by atoms with van der Waals surface area (Å²) in [6, 6.07) is 11.6. The lowest BCUT2D eigenvalue weighted by Gasteiger charge is -2.35. The molecule has 1 aliphatic rings. The summed E-state index contributed by atoms with van der Waals surface area (Å²) in [5, 5.41) is 5.23. The number of rotatable bonds is 5. The van der Waals surface area contributed by atoms with E-state index in [9.17, 15) is 9.18 Å². The molecule has 1 saturated heterocycles. The molecular formula is C23H22FN7O. The lowest BCUT2D eigenvalue weighted by Crippen LogP contribution is -2.48. The van der Waals surface area contributed by atoms with Crippen LogP contribution in [0.2, 0.25) is 0 Å². The van der Waals surface area contributed by atoms with Crippen LogP contribution in [0.3, 0.4) is 0 Å². The second-order valence-electron chi connectivity index (χ2n) is 7.71. The van der Waals surface area contributed by atoms with E-state index in [2.05, 4.69) is 29.9 Å². The standard InChI is InChI=1S/C23H22FN7O/c24-18-3-4-21-19(14-18)23(27-16-26-21)30-11-8-29(9-12-30)10-13-31-22(32)6-5-20(28-31)17-2-1-7-25-15-17/h1-7,14-16H,8-13H2. The van der Waals surface area contributed by atoms with Gasteiger partial charge in [0, 0.05) is 62.1 Å². The second kappa shape index (κ2) is 8.80. The Balaban J connectivity index is 1.24. The molecule has 4 heterocycles. The normalized spacial score (nSPS) is 14.7. The molecule has 162 valence electrons. The van der Waals surface area contributed by atoms with E-state index in [4.69, 9.17) is 0 Å². The van der Waals surface area contributed by atoms with Gasteiger partial charge in [-0.1, -0.05) is 0 Å². The van der Waals surface area contributed by atoms with Gasteiger partial charge in [-0.05, 0) is 36.4 Å². The van der Waals surface area contributed by atoms with Gasteiger partial charge in [0.2, 0.25) is 0 Å². The molecule has 9 heteroatoms. The maximum absolute atomic E-state index is 13.8. The van der Waals surface area contributed by atoms with Crippen LogP contribution in [-0.4, -0.2) is 62.4 Å². The molecule has 0 spiro atoms. The number of benzene rings is 1. The Bertz CT molecular complexity index is 1290. The van der Waals surface area contributed by atoms with Gasteiger partial charge < -0.3 is 4.90 Å². The predicted molar refractivity (Wildman–Crippen MR) is 120 cm³/mol. The third-order valence-electron chi connectivity index (χ3n) is 5.70. The van der Waals surface area contributed by atoms with Gasteiger partial charge in [-0.2, -0.15) is 5.10 Å². The molecule has 1 fully saturated rings. The Morgan fingerprint density at radius 2 is 1.84 bits per heavy atom. The number of hydrogen-bond donors (Lipinski definition) is 0. The topological polar surface area (TPSA) is 80.0 Å². The van der Waals surface area contributed by atoms with Gasteiger partial charge in [0.25, 0.3) is 5.56 Å². The molecule has 32 heavy (non-hydrogen) atoms. The third kappa shape index (κ3) is 4.19. The molecule has 0 saturated carbocycles. The molecule has 0 unspecified atom stereocenters. The zero-order valence-electron chi connectivity index (χ0n) is 17.4. The summed E-state index contributed by atoms with van der Waals surface area (Å²) in [7, 11) is 0. The highest BCUT2D eigenvalue weighted by atomic mass is 19.1. The fourth-order valence-electron chi connectivity index (χ4n) is 3.96. The average Bonchev–Trinajstić information content (AvgIpc) is 2.84. The predicted octanol–water partition coefficient (Wildman–Crippen LogP) is 2.21. The number of piperazine rings is 1. The van der Waals surface area contributed by atoms with E-state index in [1.807, 2.05) is 12.1 Å². The van der Waals surface area contributed by atoms with Crippen LogP contribution in [0, 0.1) is 5.82 Å². The lowest BCUT2D eigenvalue weighted by atomic mass is 10.2. The van der Waals surface area contributed by atoms with Crippen LogP contribution in [0.25, 0.3) is 22.2 Å². The Morgan fingerprint density at radius 3 is 2.66 bits per heavy atom. The first-order chi connectivity index (χ1) is 15.7. The van der Waals surface area contributed by atoms with E-state index >= 15 is 0 Å². The number of halogens is 1. The SMILES string of the molecule is O=c1ccc(-c2cccnc2)nn1CCN1CCN(c2ncnc3ccc(F)cc23)CC1. The fourth-order valence-corrected chi connectivity index (χ4v) is 3.96. The van der Waals surface area contributed by atoms with E-state index < -0.39 is 0 Å². The Labute approximate surface area is 184 Å². The molecule has 0 bridgehead atoms. The van der Waals surface area contributed by atoms with Gasteiger partial charge in [0.15, 0.2) is 0 Å². The number of hydrogen-bond acceptors (Lipinski definition) is 7. The first-order valence-electron chi connectivity index (χ1n) is 10.5. The molecule has 4 aromatic rings. The first-order valence-corrected chi connectivity index (χ1v) is 10.5. The maximum Gasteiger partial charge on any atom is 0.266 e. The zero-order valence-corrected chi connectivity index (χ0v) is 17.4. The highest BCUT2D eigenvalue weighted by Gasteiger charge is 2.20. The van der Waals surface area contributed by atoms with Gasteiger partial charge in [-0.15, -0.1) is 0 Å². The second-order valence-corrected chi connectivity index (χ2v) is 7.71. The molecule has 0 N–H and O–H groups in total. The minimum atomic E-state index is -0.293. The van der Waals surface area contributed by atoms with E-state index in [1.165, 1.54) is 23.1 Å². The number of pyridine rings is 1. The molecule has 1 aliphatic heterocycles. The molecule has 1 aromatic carbocycles. The van der Waals surface area contributed by atoms with Crippen LogP contribution in [0.5, 0.6) is 0 Å². The van der Waals surface area contributed by atoms with Crippen LogP contribution in [0.1, 0.15) is 0 Å². The fraction of sp³-hybridized carbons (Fsp3) is 0.261. The van der Waals surface area contributed by atoms with Crippen molar-refractivity contribution in [3.05, 3.63) is 77.4 Å². The zero-order chi connectivity index (χ0) is 21.9. The van der Waals surface area contributed by atoms with Crippen molar-refractivity contribution in [1.29, 1.82) is 0 Å². The van der Waals surface area contributed by atoms with Crippen LogP contribution in [-0.2, 0) is 6.54 Å². The van der Waals surface area contributed by atoms with Gasteiger partial charge in [-0.25, -0.2) is 19.0 Å². The molecule has 0 aliphatic carbocycles. The lowest BCUT2D eigenvalue weighted by molar-refractivity contribution is 0.242. The monoisotopic (exact) mass is 431 g/mol. The van der Waals surface area contributed by atoms with Crippen molar-refractivity contribution in [2.75, 3.05) is 37.6 Å². The molecule has 5 rings (SSSR count). The van der Waals surface area contributed by atoms with E-state index in [0.29, 0.717) is 6.54 Å². The van der Waals surface area contributed by atoms with Crippen LogP contribution in [0.15, 0.2) is 66.0 Å². The minimum Gasteiger partial charge on any atom is -0.353 e. The van der Waals surface area contributed by atoms with Gasteiger partial charge >= 0.3 is 0 Å². The Morgan fingerprint density at radius 1 is 0.969 bits per heavy atom. The van der Waals surface area contributed by atoms with Gasteiger partial charge in [0.05, 0.1) is 17.8 Å². The first kappa shape index (κ1) is 20.2. The smallest absolute Gasteiger partial charge is 0.266 e. The minimum absolute atomic E-state index is 0.120. The van der Waals surface area contributed by atoms with Crippen molar-refractivity contribution >= 4 is 16.7 Å². The summed E-state index contributed by atoms with van der Waals surface area (Å²) in [6.07, 6.45) is 4.97. The van der Waals surface area contributed by atoms with Gasteiger partial charge in [0.1, 0.15) is 18.0 Å². The quantitative estimate of drug-likeness (QED) is 0.479. The number of aromatic nitrogens is 5. The van der Waals surface area contributed by atoms with Crippen molar-refractivity contribution in [2.24, 2.45) is 0 Å².